The van der Waals surface area contributed by atoms with Crippen LogP contribution in [0.2, 0.25) is 0 Å². The molecule has 0 heterocycles. The summed E-state index contributed by atoms with van der Waals surface area (Å²) in [6.45, 7) is 5.90. The van der Waals surface area contributed by atoms with Crippen LogP contribution in [0.15, 0.2) is 29.4 Å². The van der Waals surface area contributed by atoms with Gasteiger partial charge in [0, 0.05) is 6.42 Å². The molecular formula is C12H17NO2. The molecule has 1 N–H and O–H groups in total. The maximum absolute atomic E-state index is 10.5. The Balaban J connectivity index is 2.85. The molecule has 0 amide bonds. The third-order valence-electron chi connectivity index (χ3n) is 2.50. The molecule has 1 unspecified atom stereocenters. The highest BCUT2D eigenvalue weighted by Gasteiger charge is 2.23. The minimum atomic E-state index is -0.472. The third-order valence-corrected chi connectivity index (χ3v) is 2.50. The molecule has 0 saturated heterocycles. The maximum atomic E-state index is 10.5. The van der Waals surface area contributed by atoms with Gasteiger partial charge in [-0.2, -0.15) is 0 Å². The van der Waals surface area contributed by atoms with Gasteiger partial charge in [-0.05, 0) is 22.2 Å². The molecule has 0 aliphatic carbocycles. The molecule has 0 bridgehead atoms. The zero-order chi connectivity index (χ0) is 11.5. The number of nitroso groups, excluding NO2 is 1. The molecule has 0 spiro atoms. The maximum Gasteiger partial charge on any atom is 0.111 e. The monoisotopic (exact) mass is 207 g/mol. The summed E-state index contributed by atoms with van der Waals surface area (Å²) in [7, 11) is 0. The Morgan fingerprint density at radius 3 is 2.47 bits per heavy atom. The van der Waals surface area contributed by atoms with Gasteiger partial charge < -0.3 is 5.11 Å². The quantitative estimate of drug-likeness (QED) is 0.774. The van der Waals surface area contributed by atoms with Crippen molar-refractivity contribution in [3.8, 4) is 0 Å². The van der Waals surface area contributed by atoms with Gasteiger partial charge in [-0.3, -0.25) is 0 Å². The summed E-state index contributed by atoms with van der Waals surface area (Å²) < 4.78 is 0. The first-order valence-corrected chi connectivity index (χ1v) is 5.04. The van der Waals surface area contributed by atoms with Crippen molar-refractivity contribution in [2.45, 2.75) is 33.3 Å². The number of hydrogen-bond donors (Lipinski definition) is 1. The summed E-state index contributed by atoms with van der Waals surface area (Å²) >= 11 is 0. The van der Waals surface area contributed by atoms with Crippen molar-refractivity contribution in [3.63, 3.8) is 0 Å². The van der Waals surface area contributed by atoms with Gasteiger partial charge in [-0.25, -0.2) is 0 Å². The highest BCUT2D eigenvalue weighted by Crippen LogP contribution is 2.26. The predicted octanol–water partition coefficient (Wildman–Crippen LogP) is 3.03. The second-order valence-electron chi connectivity index (χ2n) is 4.81. The fraction of sp³-hybridized carbons (Fsp3) is 0.500. The van der Waals surface area contributed by atoms with Gasteiger partial charge >= 0.3 is 0 Å². The van der Waals surface area contributed by atoms with Crippen molar-refractivity contribution in [2.24, 2.45) is 10.6 Å². The largest absolute Gasteiger partial charge is 0.392 e. The van der Waals surface area contributed by atoms with Crippen LogP contribution in [0.3, 0.4) is 0 Å². The smallest absolute Gasteiger partial charge is 0.111 e. The lowest BCUT2D eigenvalue weighted by Crippen LogP contribution is -2.28. The summed E-state index contributed by atoms with van der Waals surface area (Å²) in [5.74, 6) is 0. The third kappa shape index (κ3) is 3.13. The molecule has 0 radical (unpaired) electrons. The second-order valence-corrected chi connectivity index (χ2v) is 4.81. The van der Waals surface area contributed by atoms with E-state index < -0.39 is 6.10 Å². The lowest BCUT2D eigenvalue weighted by molar-refractivity contribution is 0.0637. The van der Waals surface area contributed by atoms with Crippen molar-refractivity contribution in [2.75, 3.05) is 0 Å². The van der Waals surface area contributed by atoms with E-state index in [1.54, 1.807) is 12.1 Å². The van der Waals surface area contributed by atoms with Crippen LogP contribution < -0.4 is 0 Å². The highest BCUT2D eigenvalue weighted by molar-refractivity contribution is 5.45. The lowest BCUT2D eigenvalue weighted by atomic mass is 9.85. The Labute approximate surface area is 90.1 Å². The van der Waals surface area contributed by atoms with Crippen molar-refractivity contribution in [3.05, 3.63) is 34.7 Å². The van der Waals surface area contributed by atoms with Crippen LogP contribution in [0, 0.1) is 10.3 Å². The average Bonchev–Trinajstić information content (AvgIpc) is 2.17. The van der Waals surface area contributed by atoms with Gasteiger partial charge in [-0.1, -0.05) is 39.0 Å². The molecule has 82 valence electrons. The fourth-order valence-corrected chi connectivity index (χ4v) is 1.29. The van der Waals surface area contributed by atoms with Crippen LogP contribution in [0.5, 0.6) is 0 Å². The first-order valence-electron chi connectivity index (χ1n) is 5.04. The van der Waals surface area contributed by atoms with E-state index in [4.69, 9.17) is 0 Å². The highest BCUT2D eigenvalue weighted by atomic mass is 16.3. The molecule has 1 aromatic carbocycles. The Morgan fingerprint density at radius 2 is 1.93 bits per heavy atom. The normalized spacial score (nSPS) is 13.6. The zero-order valence-electron chi connectivity index (χ0n) is 9.40. The summed E-state index contributed by atoms with van der Waals surface area (Å²) in [6, 6.07) is 7.10. The molecule has 15 heavy (non-hydrogen) atoms. The molecule has 0 aliphatic heterocycles. The van der Waals surface area contributed by atoms with E-state index >= 15 is 0 Å². The summed E-state index contributed by atoms with van der Waals surface area (Å²) in [5, 5.41) is 12.9. The molecular weight excluding hydrogens is 190 g/mol. The van der Waals surface area contributed by atoms with E-state index in [-0.39, 0.29) is 5.41 Å². The molecule has 0 aromatic heterocycles. The van der Waals surface area contributed by atoms with Crippen LogP contribution in [-0.2, 0) is 6.42 Å². The Kier molecular flexibility index (Phi) is 3.58. The minimum absolute atomic E-state index is 0.185. The van der Waals surface area contributed by atoms with Gasteiger partial charge in [0.1, 0.15) is 5.69 Å². The van der Waals surface area contributed by atoms with E-state index in [0.717, 1.165) is 5.56 Å². The average molecular weight is 207 g/mol. The number of rotatable bonds is 3. The molecule has 0 saturated carbocycles. The van der Waals surface area contributed by atoms with Crippen molar-refractivity contribution in [1.29, 1.82) is 0 Å². The number of hydrogen-bond acceptors (Lipinski definition) is 3. The Bertz CT molecular complexity index is 342. The van der Waals surface area contributed by atoms with E-state index in [2.05, 4.69) is 5.18 Å². The molecule has 1 aromatic rings. The molecule has 1 rings (SSSR count). The Morgan fingerprint density at radius 1 is 1.33 bits per heavy atom. The van der Waals surface area contributed by atoms with Crippen LogP contribution >= 0.6 is 0 Å². The summed E-state index contributed by atoms with van der Waals surface area (Å²) in [4.78, 5) is 10.5. The number of nitrogens with zero attached hydrogens (tertiary/aromatic N) is 1. The van der Waals surface area contributed by atoms with Crippen molar-refractivity contribution in [1.82, 2.24) is 0 Å². The van der Waals surface area contributed by atoms with E-state index in [1.165, 1.54) is 0 Å². The van der Waals surface area contributed by atoms with Gasteiger partial charge in [0.05, 0.1) is 6.10 Å². The van der Waals surface area contributed by atoms with Crippen molar-refractivity contribution >= 4 is 5.69 Å². The first-order chi connectivity index (χ1) is 6.95. The zero-order valence-corrected chi connectivity index (χ0v) is 9.40. The topological polar surface area (TPSA) is 49.7 Å². The molecule has 0 fully saturated rings. The number of aliphatic hydroxyl groups is 1. The molecule has 1 atom stereocenters. The fourth-order valence-electron chi connectivity index (χ4n) is 1.29. The predicted molar refractivity (Wildman–Crippen MR) is 61.1 cm³/mol. The summed E-state index contributed by atoms with van der Waals surface area (Å²) in [5.41, 5.74) is 1.03. The van der Waals surface area contributed by atoms with Gasteiger partial charge in [0.2, 0.25) is 0 Å². The van der Waals surface area contributed by atoms with Crippen LogP contribution in [-0.4, -0.2) is 11.2 Å². The number of aliphatic hydroxyl groups excluding tert-OH is 1. The molecule has 3 nitrogen and oxygen atoms in total. The van der Waals surface area contributed by atoms with E-state index in [0.29, 0.717) is 12.1 Å². The van der Waals surface area contributed by atoms with Crippen LogP contribution in [0.1, 0.15) is 26.3 Å². The minimum Gasteiger partial charge on any atom is -0.392 e. The van der Waals surface area contributed by atoms with Gasteiger partial charge in [0.25, 0.3) is 0 Å². The Hall–Kier alpha value is -1.22. The first kappa shape index (κ1) is 11.9. The number of benzene rings is 1. The van der Waals surface area contributed by atoms with Gasteiger partial charge in [0.15, 0.2) is 0 Å². The van der Waals surface area contributed by atoms with E-state index in [9.17, 15) is 10.0 Å². The standard InChI is InChI=1S/C12H17NO2/c1-12(2,3)11(14)8-9-6-4-5-7-10(9)13-15/h4-7,11,14H,8H2,1-3H3. The van der Waals surface area contributed by atoms with E-state index in [1.807, 2.05) is 32.9 Å². The second kappa shape index (κ2) is 4.53. The van der Waals surface area contributed by atoms with Crippen molar-refractivity contribution < 1.29 is 5.11 Å². The van der Waals surface area contributed by atoms with Crippen LogP contribution in [0.4, 0.5) is 5.69 Å². The molecule has 3 heteroatoms. The van der Waals surface area contributed by atoms with Crippen LogP contribution in [0.25, 0.3) is 0 Å². The molecule has 0 aliphatic rings. The lowest BCUT2D eigenvalue weighted by Gasteiger charge is -2.26. The van der Waals surface area contributed by atoms with Gasteiger partial charge in [-0.15, -0.1) is 4.91 Å². The SMILES string of the molecule is CC(C)(C)C(O)Cc1ccccc1N=O. The summed E-state index contributed by atoms with van der Waals surface area (Å²) in [6.07, 6.45) is -0.00815.